The average Bonchev–Trinajstić information content (AvgIpc) is 3.09. The van der Waals surface area contributed by atoms with Gasteiger partial charge in [0, 0.05) is 31.7 Å². The van der Waals surface area contributed by atoms with Gasteiger partial charge in [-0.25, -0.2) is 0 Å². The molecule has 1 aromatic heterocycles. The number of para-hydroxylation sites is 1. The molecule has 0 N–H and O–H groups in total. The Balaban J connectivity index is 1.81. The topological polar surface area (TPSA) is 51.9 Å². The second-order valence-electron chi connectivity index (χ2n) is 6.06. The first kappa shape index (κ1) is 16.0. The molecule has 2 aromatic rings. The lowest BCUT2D eigenvalue weighted by Gasteiger charge is -2.23. The van der Waals surface area contributed by atoms with Crippen LogP contribution in [0.4, 0.5) is 0 Å². The quantitative estimate of drug-likeness (QED) is 0.850. The molecular weight excluding hydrogens is 294 g/mol. The summed E-state index contributed by atoms with van der Waals surface area (Å²) < 4.78 is 16.4. The van der Waals surface area contributed by atoms with Crippen LogP contribution in [-0.4, -0.2) is 50.3 Å². The normalized spacial score (nSPS) is 21.3. The second-order valence-corrected chi connectivity index (χ2v) is 6.06. The molecule has 3 rings (SSSR count). The van der Waals surface area contributed by atoms with Crippen LogP contribution < -0.4 is 0 Å². The van der Waals surface area contributed by atoms with Crippen molar-refractivity contribution in [3.8, 4) is 0 Å². The minimum absolute atomic E-state index is 0.0796. The van der Waals surface area contributed by atoms with Gasteiger partial charge < -0.3 is 18.8 Å². The number of amides is 1. The first-order valence-corrected chi connectivity index (χ1v) is 7.92. The standard InChI is InChI=1S/C18H23NO4/c1-12-16(15-6-4-5-7-17(15)23-12)9-18(20)19-10-14(22-3)8-13(19)11-21-2/h4-7,13-14H,8-11H2,1-3H3/t13-,14-/m0/s1. The van der Waals surface area contributed by atoms with Gasteiger partial charge >= 0.3 is 0 Å². The fraction of sp³-hybridized carbons (Fsp3) is 0.500. The van der Waals surface area contributed by atoms with Crippen molar-refractivity contribution in [3.05, 3.63) is 35.6 Å². The van der Waals surface area contributed by atoms with E-state index in [1.54, 1.807) is 14.2 Å². The van der Waals surface area contributed by atoms with Gasteiger partial charge in [-0.2, -0.15) is 0 Å². The van der Waals surface area contributed by atoms with Crippen LogP contribution in [-0.2, 0) is 20.7 Å². The summed E-state index contributed by atoms with van der Waals surface area (Å²) in [4.78, 5) is 14.7. The molecule has 0 bridgehead atoms. The summed E-state index contributed by atoms with van der Waals surface area (Å²) in [5.41, 5.74) is 1.81. The summed E-state index contributed by atoms with van der Waals surface area (Å²) in [7, 11) is 3.35. The fourth-order valence-electron chi connectivity index (χ4n) is 3.39. The highest BCUT2D eigenvalue weighted by molar-refractivity contribution is 5.88. The summed E-state index contributed by atoms with van der Waals surface area (Å²) in [5, 5.41) is 1.02. The summed E-state index contributed by atoms with van der Waals surface area (Å²) in [5.74, 6) is 0.909. The molecule has 5 nitrogen and oxygen atoms in total. The molecule has 0 spiro atoms. The number of hydrogen-bond acceptors (Lipinski definition) is 4. The molecule has 1 aromatic carbocycles. The molecule has 0 unspecified atom stereocenters. The highest BCUT2D eigenvalue weighted by Gasteiger charge is 2.35. The molecule has 2 atom stereocenters. The molecule has 1 aliphatic rings. The molecule has 23 heavy (non-hydrogen) atoms. The average molecular weight is 317 g/mol. The smallest absolute Gasteiger partial charge is 0.227 e. The zero-order valence-corrected chi connectivity index (χ0v) is 13.9. The largest absolute Gasteiger partial charge is 0.461 e. The van der Waals surface area contributed by atoms with Crippen LogP contribution in [0.25, 0.3) is 11.0 Å². The summed E-state index contributed by atoms with van der Waals surface area (Å²) in [6, 6.07) is 7.92. The minimum Gasteiger partial charge on any atom is -0.461 e. The van der Waals surface area contributed by atoms with Crippen LogP contribution in [0.15, 0.2) is 28.7 Å². The van der Waals surface area contributed by atoms with Crippen molar-refractivity contribution in [2.45, 2.75) is 31.9 Å². The minimum atomic E-state index is 0.0796. The second kappa shape index (κ2) is 6.72. The maximum atomic E-state index is 12.8. The Labute approximate surface area is 136 Å². The van der Waals surface area contributed by atoms with Crippen molar-refractivity contribution < 1.29 is 18.7 Å². The highest BCUT2D eigenvalue weighted by Crippen LogP contribution is 2.28. The van der Waals surface area contributed by atoms with E-state index in [0.29, 0.717) is 19.6 Å². The Hall–Kier alpha value is -1.85. The van der Waals surface area contributed by atoms with Gasteiger partial charge in [-0.05, 0) is 19.4 Å². The van der Waals surface area contributed by atoms with Crippen molar-refractivity contribution >= 4 is 16.9 Å². The van der Waals surface area contributed by atoms with E-state index in [1.807, 2.05) is 36.1 Å². The molecule has 5 heteroatoms. The lowest BCUT2D eigenvalue weighted by Crippen LogP contribution is -2.39. The fourth-order valence-corrected chi connectivity index (χ4v) is 3.39. The number of methoxy groups -OCH3 is 2. The van der Waals surface area contributed by atoms with Crippen molar-refractivity contribution in [1.82, 2.24) is 4.90 Å². The molecule has 2 heterocycles. The Morgan fingerprint density at radius 1 is 1.35 bits per heavy atom. The van der Waals surface area contributed by atoms with Crippen LogP contribution in [0, 0.1) is 6.92 Å². The van der Waals surface area contributed by atoms with E-state index < -0.39 is 0 Å². The monoisotopic (exact) mass is 317 g/mol. The van der Waals surface area contributed by atoms with E-state index in [2.05, 4.69) is 0 Å². The Morgan fingerprint density at radius 3 is 2.87 bits per heavy atom. The number of furan rings is 1. The molecule has 1 fully saturated rings. The van der Waals surface area contributed by atoms with Crippen molar-refractivity contribution in [1.29, 1.82) is 0 Å². The van der Waals surface area contributed by atoms with E-state index in [4.69, 9.17) is 13.9 Å². The van der Waals surface area contributed by atoms with E-state index in [9.17, 15) is 4.79 Å². The number of hydrogen-bond donors (Lipinski definition) is 0. The highest BCUT2D eigenvalue weighted by atomic mass is 16.5. The number of fused-ring (bicyclic) bond motifs is 1. The lowest BCUT2D eigenvalue weighted by atomic mass is 10.1. The van der Waals surface area contributed by atoms with E-state index >= 15 is 0 Å². The summed E-state index contributed by atoms with van der Waals surface area (Å²) in [6.07, 6.45) is 1.25. The van der Waals surface area contributed by atoms with Gasteiger partial charge in [0.25, 0.3) is 0 Å². The van der Waals surface area contributed by atoms with Crippen LogP contribution in [0.2, 0.25) is 0 Å². The Bertz CT molecular complexity index is 693. The van der Waals surface area contributed by atoms with Crippen LogP contribution in [0.5, 0.6) is 0 Å². The lowest BCUT2D eigenvalue weighted by molar-refractivity contribution is -0.132. The number of ether oxygens (including phenoxy) is 2. The third kappa shape index (κ3) is 3.12. The van der Waals surface area contributed by atoms with Gasteiger partial charge in [-0.1, -0.05) is 18.2 Å². The summed E-state index contributed by atoms with van der Waals surface area (Å²) >= 11 is 0. The maximum Gasteiger partial charge on any atom is 0.227 e. The number of carbonyl (C=O) groups excluding carboxylic acids is 1. The number of nitrogens with zero attached hydrogens (tertiary/aromatic N) is 1. The van der Waals surface area contributed by atoms with Crippen molar-refractivity contribution in [2.75, 3.05) is 27.4 Å². The number of aryl methyl sites for hydroxylation is 1. The number of carbonyl (C=O) groups is 1. The predicted molar refractivity (Wildman–Crippen MR) is 87.4 cm³/mol. The van der Waals surface area contributed by atoms with Gasteiger partial charge in [0.1, 0.15) is 11.3 Å². The molecule has 124 valence electrons. The molecule has 1 amide bonds. The molecule has 1 saturated heterocycles. The van der Waals surface area contributed by atoms with Gasteiger partial charge in [0.2, 0.25) is 5.91 Å². The molecular formula is C18H23NO4. The van der Waals surface area contributed by atoms with E-state index in [1.165, 1.54) is 0 Å². The van der Waals surface area contributed by atoms with Crippen LogP contribution >= 0.6 is 0 Å². The Kier molecular flexibility index (Phi) is 4.68. The third-order valence-electron chi connectivity index (χ3n) is 4.62. The number of rotatable bonds is 5. The van der Waals surface area contributed by atoms with Gasteiger partial charge in [-0.15, -0.1) is 0 Å². The van der Waals surface area contributed by atoms with Gasteiger partial charge in [0.15, 0.2) is 0 Å². The zero-order chi connectivity index (χ0) is 16.4. The van der Waals surface area contributed by atoms with E-state index in [-0.39, 0.29) is 18.1 Å². The van der Waals surface area contributed by atoms with Gasteiger partial charge in [-0.3, -0.25) is 4.79 Å². The maximum absolute atomic E-state index is 12.8. The first-order chi connectivity index (χ1) is 11.1. The van der Waals surface area contributed by atoms with Crippen LogP contribution in [0.3, 0.4) is 0 Å². The van der Waals surface area contributed by atoms with Crippen molar-refractivity contribution in [2.24, 2.45) is 0 Å². The summed E-state index contributed by atoms with van der Waals surface area (Å²) in [6.45, 7) is 3.08. The van der Waals surface area contributed by atoms with Crippen molar-refractivity contribution in [3.63, 3.8) is 0 Å². The third-order valence-corrected chi connectivity index (χ3v) is 4.62. The first-order valence-electron chi connectivity index (χ1n) is 7.92. The molecule has 0 radical (unpaired) electrons. The number of benzene rings is 1. The molecule has 1 aliphatic heterocycles. The Morgan fingerprint density at radius 2 is 2.13 bits per heavy atom. The zero-order valence-electron chi connectivity index (χ0n) is 13.9. The molecule has 0 aliphatic carbocycles. The van der Waals surface area contributed by atoms with Gasteiger partial charge in [0.05, 0.1) is 25.2 Å². The SMILES string of the molecule is COC[C@@H]1C[C@H](OC)CN1C(=O)Cc1c(C)oc2ccccc12. The van der Waals surface area contributed by atoms with Crippen LogP contribution in [0.1, 0.15) is 17.7 Å². The molecule has 0 saturated carbocycles. The van der Waals surface area contributed by atoms with E-state index in [0.717, 1.165) is 28.7 Å². The predicted octanol–water partition coefficient (Wildman–Crippen LogP) is 2.55. The number of likely N-dealkylation sites (tertiary alicyclic amines) is 1.